The fraction of sp³-hybridized carbons (Fsp3) is 0.300. The van der Waals surface area contributed by atoms with E-state index in [1.54, 1.807) is 17.9 Å². The van der Waals surface area contributed by atoms with E-state index >= 15 is 0 Å². The van der Waals surface area contributed by atoms with Crippen LogP contribution >= 0.6 is 0 Å². The molecule has 0 aliphatic rings. The number of nitrogens with one attached hydrogen (secondary N) is 1. The highest BCUT2D eigenvalue weighted by Crippen LogP contribution is 2.25. The quantitative estimate of drug-likeness (QED) is 0.651. The number of nitrogens with zero attached hydrogens (tertiary/aromatic N) is 4. The molecule has 0 fully saturated rings. The summed E-state index contributed by atoms with van der Waals surface area (Å²) >= 11 is 0. The molecule has 0 aliphatic heterocycles. The molecule has 7 nitrogen and oxygen atoms in total. The second-order valence-electron chi connectivity index (χ2n) is 6.24. The van der Waals surface area contributed by atoms with E-state index < -0.39 is 0 Å². The Kier molecular flexibility index (Phi) is 5.93. The van der Waals surface area contributed by atoms with Crippen molar-refractivity contribution in [2.75, 3.05) is 20.3 Å². The average Bonchev–Trinajstić information content (AvgIpc) is 3.17. The highest BCUT2D eigenvalue weighted by Gasteiger charge is 2.13. The summed E-state index contributed by atoms with van der Waals surface area (Å²) < 4.78 is 6.67. The number of tetrazole rings is 1. The molecule has 1 amide bonds. The van der Waals surface area contributed by atoms with Gasteiger partial charge in [0.15, 0.2) is 5.82 Å². The normalized spacial score (nSPS) is 10.8. The fourth-order valence-electron chi connectivity index (χ4n) is 2.77. The summed E-state index contributed by atoms with van der Waals surface area (Å²) in [5, 5.41) is 14.8. The molecule has 7 heteroatoms. The maximum absolute atomic E-state index is 12.6. The zero-order valence-electron chi connectivity index (χ0n) is 15.8. The monoisotopic (exact) mass is 365 g/mol. The van der Waals surface area contributed by atoms with Gasteiger partial charge in [0.25, 0.3) is 5.91 Å². The molecule has 0 bridgehead atoms. The number of aromatic nitrogens is 4. The molecule has 0 unspecified atom stereocenters. The molecule has 3 aromatic rings. The maximum Gasteiger partial charge on any atom is 0.251 e. The lowest BCUT2D eigenvalue weighted by Gasteiger charge is -2.11. The molecule has 1 heterocycles. The van der Waals surface area contributed by atoms with Crippen molar-refractivity contribution >= 4 is 5.91 Å². The number of aryl methyl sites for hydroxylation is 2. The van der Waals surface area contributed by atoms with E-state index in [4.69, 9.17) is 4.74 Å². The highest BCUT2D eigenvalue weighted by molar-refractivity contribution is 5.96. The molecule has 3 rings (SSSR count). The standard InChI is InChI=1S/C20H23N5O2/c1-4-19-22-23-24-25(19)18-12-16(15-7-5-14(2)6-8-15)11-17(13-18)20(26)21-9-10-27-3/h5-8,11-13H,4,9-10H2,1-3H3,(H,21,26). The largest absolute Gasteiger partial charge is 0.383 e. The summed E-state index contributed by atoms with van der Waals surface area (Å²) in [5.41, 5.74) is 4.45. The van der Waals surface area contributed by atoms with Crippen molar-refractivity contribution in [1.29, 1.82) is 0 Å². The summed E-state index contributed by atoms with van der Waals surface area (Å²) in [4.78, 5) is 12.6. The van der Waals surface area contributed by atoms with Crippen molar-refractivity contribution in [3.05, 3.63) is 59.4 Å². The molecular weight excluding hydrogens is 342 g/mol. The Morgan fingerprint density at radius 3 is 2.63 bits per heavy atom. The van der Waals surface area contributed by atoms with Gasteiger partial charge in [0.05, 0.1) is 12.3 Å². The minimum atomic E-state index is -0.159. The first-order valence-electron chi connectivity index (χ1n) is 8.89. The molecule has 1 aromatic heterocycles. The Labute approximate surface area is 158 Å². The van der Waals surface area contributed by atoms with Crippen molar-refractivity contribution in [3.63, 3.8) is 0 Å². The first-order chi connectivity index (χ1) is 13.1. The molecule has 0 saturated carbocycles. The topological polar surface area (TPSA) is 81.9 Å². The lowest BCUT2D eigenvalue weighted by Crippen LogP contribution is -2.27. The first kappa shape index (κ1) is 18.7. The number of rotatable bonds is 7. The number of methoxy groups -OCH3 is 1. The van der Waals surface area contributed by atoms with E-state index in [9.17, 15) is 4.79 Å². The summed E-state index contributed by atoms with van der Waals surface area (Å²) in [7, 11) is 1.60. The van der Waals surface area contributed by atoms with E-state index in [0.717, 1.165) is 22.6 Å². The van der Waals surface area contributed by atoms with Crippen LogP contribution in [0, 0.1) is 6.92 Å². The van der Waals surface area contributed by atoms with Gasteiger partial charge in [-0.15, -0.1) is 5.10 Å². The summed E-state index contributed by atoms with van der Waals surface area (Å²) in [6.07, 6.45) is 0.692. The molecule has 140 valence electrons. The van der Waals surface area contributed by atoms with Crippen molar-refractivity contribution in [2.45, 2.75) is 20.3 Å². The van der Waals surface area contributed by atoms with Crippen molar-refractivity contribution < 1.29 is 9.53 Å². The van der Waals surface area contributed by atoms with Crippen molar-refractivity contribution in [2.24, 2.45) is 0 Å². The molecule has 0 spiro atoms. The van der Waals surface area contributed by atoms with Gasteiger partial charge >= 0.3 is 0 Å². The third-order valence-electron chi connectivity index (χ3n) is 4.25. The van der Waals surface area contributed by atoms with Crippen LogP contribution in [0.1, 0.15) is 28.7 Å². The molecule has 0 saturated heterocycles. The average molecular weight is 365 g/mol. The van der Waals surface area contributed by atoms with Crippen LogP contribution in [-0.2, 0) is 11.2 Å². The Morgan fingerprint density at radius 1 is 1.15 bits per heavy atom. The minimum Gasteiger partial charge on any atom is -0.383 e. The first-order valence-corrected chi connectivity index (χ1v) is 8.89. The van der Waals surface area contributed by atoms with Gasteiger partial charge in [0, 0.05) is 25.6 Å². The van der Waals surface area contributed by atoms with Gasteiger partial charge in [-0.2, -0.15) is 4.68 Å². The Morgan fingerprint density at radius 2 is 1.93 bits per heavy atom. The predicted octanol–water partition coefficient (Wildman–Crippen LogP) is 2.58. The molecule has 0 aliphatic carbocycles. The SMILES string of the molecule is CCc1nnnn1-c1cc(C(=O)NCCOC)cc(-c2ccc(C)cc2)c1. The van der Waals surface area contributed by atoms with E-state index in [0.29, 0.717) is 25.1 Å². The maximum atomic E-state index is 12.6. The number of carbonyl (C=O) groups excluding carboxylic acids is 1. The van der Waals surface area contributed by atoms with Gasteiger partial charge in [-0.05, 0) is 46.7 Å². The zero-order valence-corrected chi connectivity index (χ0v) is 15.8. The molecule has 0 atom stereocenters. The molecule has 27 heavy (non-hydrogen) atoms. The van der Waals surface area contributed by atoms with Gasteiger partial charge in [0.2, 0.25) is 0 Å². The minimum absolute atomic E-state index is 0.159. The Hall–Kier alpha value is -3.06. The van der Waals surface area contributed by atoms with Crippen LogP contribution < -0.4 is 5.32 Å². The highest BCUT2D eigenvalue weighted by atomic mass is 16.5. The number of benzene rings is 2. The van der Waals surface area contributed by atoms with Crippen LogP contribution in [0.15, 0.2) is 42.5 Å². The Balaban J connectivity index is 2.05. The predicted molar refractivity (Wildman–Crippen MR) is 103 cm³/mol. The lowest BCUT2D eigenvalue weighted by atomic mass is 10.0. The van der Waals surface area contributed by atoms with Gasteiger partial charge in [0.1, 0.15) is 0 Å². The van der Waals surface area contributed by atoms with Crippen LogP contribution in [0.25, 0.3) is 16.8 Å². The summed E-state index contributed by atoms with van der Waals surface area (Å²) in [6.45, 7) is 4.95. The van der Waals surface area contributed by atoms with Crippen LogP contribution in [0.4, 0.5) is 0 Å². The molecule has 1 N–H and O–H groups in total. The number of hydrogen-bond donors (Lipinski definition) is 1. The molecular formula is C20H23N5O2. The van der Waals surface area contributed by atoms with E-state index in [1.165, 1.54) is 5.56 Å². The Bertz CT molecular complexity index is 918. The van der Waals surface area contributed by atoms with Crippen LogP contribution in [0.2, 0.25) is 0 Å². The van der Waals surface area contributed by atoms with E-state index in [2.05, 4.69) is 33.0 Å². The van der Waals surface area contributed by atoms with Crippen molar-refractivity contribution in [3.8, 4) is 16.8 Å². The van der Waals surface area contributed by atoms with E-state index in [1.807, 2.05) is 38.1 Å². The number of ether oxygens (including phenoxy) is 1. The third kappa shape index (κ3) is 4.38. The third-order valence-corrected chi connectivity index (χ3v) is 4.25. The van der Waals surface area contributed by atoms with Gasteiger partial charge in [-0.3, -0.25) is 4.79 Å². The second-order valence-corrected chi connectivity index (χ2v) is 6.24. The second kappa shape index (κ2) is 8.55. The van der Waals surface area contributed by atoms with Gasteiger partial charge in [-0.1, -0.05) is 36.8 Å². The number of carbonyl (C=O) groups is 1. The van der Waals surface area contributed by atoms with Crippen LogP contribution in [0.3, 0.4) is 0 Å². The number of amides is 1. The smallest absolute Gasteiger partial charge is 0.251 e. The lowest BCUT2D eigenvalue weighted by molar-refractivity contribution is 0.0937. The van der Waals surface area contributed by atoms with Crippen LogP contribution in [-0.4, -0.2) is 46.4 Å². The number of hydrogen-bond acceptors (Lipinski definition) is 5. The van der Waals surface area contributed by atoms with Gasteiger partial charge in [-0.25, -0.2) is 0 Å². The fourth-order valence-corrected chi connectivity index (χ4v) is 2.77. The van der Waals surface area contributed by atoms with Gasteiger partial charge < -0.3 is 10.1 Å². The molecule has 2 aromatic carbocycles. The summed E-state index contributed by atoms with van der Waals surface area (Å²) in [6, 6.07) is 13.9. The summed E-state index contributed by atoms with van der Waals surface area (Å²) in [5.74, 6) is 0.579. The molecule has 0 radical (unpaired) electrons. The van der Waals surface area contributed by atoms with Crippen LogP contribution in [0.5, 0.6) is 0 Å². The van der Waals surface area contributed by atoms with E-state index in [-0.39, 0.29) is 5.91 Å². The zero-order chi connectivity index (χ0) is 19.2. The van der Waals surface area contributed by atoms with Crippen molar-refractivity contribution in [1.82, 2.24) is 25.5 Å².